The maximum absolute atomic E-state index is 11.8. The lowest BCUT2D eigenvalue weighted by Crippen LogP contribution is -2.28. The first-order valence-corrected chi connectivity index (χ1v) is 5.86. The number of benzene rings is 1. The van der Waals surface area contributed by atoms with Crippen molar-refractivity contribution in [3.05, 3.63) is 29.3 Å². The molecule has 0 radical (unpaired) electrons. The lowest BCUT2D eigenvalue weighted by atomic mass is 10.1. The summed E-state index contributed by atoms with van der Waals surface area (Å²) in [6.07, 6.45) is 0. The molecule has 0 unspecified atom stereocenters. The normalized spacial score (nSPS) is 10.3. The second-order valence-corrected chi connectivity index (χ2v) is 4.11. The van der Waals surface area contributed by atoms with E-state index in [0.29, 0.717) is 25.3 Å². The second kappa shape index (κ2) is 7.32. The Morgan fingerprint density at radius 1 is 1.47 bits per heavy atom. The van der Waals surface area contributed by atoms with E-state index in [1.54, 1.807) is 6.07 Å². The lowest BCUT2D eigenvalue weighted by Gasteiger charge is -2.08. The minimum Gasteiger partial charge on any atom is -0.394 e. The molecule has 1 amide bonds. The fraction of sp³-hybridized carbons (Fsp3) is 0.417. The highest BCUT2D eigenvalue weighted by molar-refractivity contribution is 7.80. The monoisotopic (exact) mass is 255 g/mol. The molecule has 0 spiro atoms. The molecule has 0 fully saturated rings. The minimum absolute atomic E-state index is 0.00521. The van der Waals surface area contributed by atoms with Gasteiger partial charge in [0, 0.05) is 17.0 Å². The third-order valence-corrected chi connectivity index (χ3v) is 2.51. The number of aliphatic hydroxyl groups excluding tert-OH is 1. The zero-order chi connectivity index (χ0) is 12.7. The first-order chi connectivity index (χ1) is 8.15. The minimum atomic E-state index is -0.133. The quantitative estimate of drug-likeness (QED) is 0.525. The summed E-state index contributed by atoms with van der Waals surface area (Å²) >= 11 is 4.20. The van der Waals surface area contributed by atoms with Crippen LogP contribution in [0.2, 0.25) is 0 Å². The lowest BCUT2D eigenvalue weighted by molar-refractivity contribution is 0.0837. The summed E-state index contributed by atoms with van der Waals surface area (Å²) in [7, 11) is 0. The Morgan fingerprint density at radius 3 is 2.94 bits per heavy atom. The summed E-state index contributed by atoms with van der Waals surface area (Å²) in [6.45, 7) is 2.99. The zero-order valence-electron chi connectivity index (χ0n) is 9.77. The van der Waals surface area contributed by atoms with E-state index in [2.05, 4.69) is 17.9 Å². The molecule has 0 saturated heterocycles. The largest absolute Gasteiger partial charge is 0.394 e. The maximum atomic E-state index is 11.8. The number of carbonyl (C=O) groups is 1. The molecule has 0 aliphatic carbocycles. The van der Waals surface area contributed by atoms with Crippen molar-refractivity contribution in [1.82, 2.24) is 5.32 Å². The number of ether oxygens (including phenoxy) is 1. The van der Waals surface area contributed by atoms with Gasteiger partial charge in [0.2, 0.25) is 0 Å². The Morgan fingerprint density at radius 2 is 2.24 bits per heavy atom. The van der Waals surface area contributed by atoms with Gasteiger partial charge in [0.1, 0.15) is 0 Å². The number of amides is 1. The predicted octanol–water partition coefficient (Wildman–Crippen LogP) is 1.02. The first-order valence-electron chi connectivity index (χ1n) is 5.41. The molecular formula is C12H17NO3S. The van der Waals surface area contributed by atoms with Gasteiger partial charge in [-0.3, -0.25) is 4.79 Å². The molecule has 4 nitrogen and oxygen atoms in total. The van der Waals surface area contributed by atoms with Crippen LogP contribution in [0.1, 0.15) is 15.9 Å². The van der Waals surface area contributed by atoms with Crippen molar-refractivity contribution in [3.63, 3.8) is 0 Å². The van der Waals surface area contributed by atoms with Crippen molar-refractivity contribution < 1.29 is 14.6 Å². The molecule has 1 aromatic rings. The molecule has 1 rings (SSSR count). The number of aliphatic hydroxyl groups is 1. The molecule has 17 heavy (non-hydrogen) atoms. The SMILES string of the molecule is Cc1ccc(S)cc1C(=O)NCCOCCO. The Kier molecular flexibility index (Phi) is 6.04. The second-order valence-electron chi connectivity index (χ2n) is 3.59. The third-order valence-electron chi connectivity index (χ3n) is 2.23. The van der Waals surface area contributed by atoms with Gasteiger partial charge in [-0.15, -0.1) is 12.6 Å². The summed E-state index contributed by atoms with van der Waals surface area (Å²) < 4.78 is 5.04. The van der Waals surface area contributed by atoms with Crippen LogP contribution in [0.15, 0.2) is 23.1 Å². The van der Waals surface area contributed by atoms with Crippen molar-refractivity contribution in [2.24, 2.45) is 0 Å². The van der Waals surface area contributed by atoms with Crippen LogP contribution in [-0.2, 0) is 4.74 Å². The summed E-state index contributed by atoms with van der Waals surface area (Å²) in [5.41, 5.74) is 1.54. The number of carbonyl (C=O) groups excluding carboxylic acids is 1. The molecule has 0 aliphatic rings. The van der Waals surface area contributed by atoms with Gasteiger partial charge >= 0.3 is 0 Å². The van der Waals surface area contributed by atoms with Crippen molar-refractivity contribution in [2.75, 3.05) is 26.4 Å². The Balaban J connectivity index is 2.44. The Bertz CT molecular complexity index is 382. The number of hydrogen-bond acceptors (Lipinski definition) is 4. The van der Waals surface area contributed by atoms with E-state index in [-0.39, 0.29) is 12.5 Å². The highest BCUT2D eigenvalue weighted by Gasteiger charge is 2.08. The van der Waals surface area contributed by atoms with Crippen molar-refractivity contribution in [2.45, 2.75) is 11.8 Å². The Hall–Kier alpha value is -1.04. The molecule has 0 saturated carbocycles. The number of aryl methyl sites for hydroxylation is 1. The molecule has 0 atom stereocenters. The average molecular weight is 255 g/mol. The van der Waals surface area contributed by atoms with E-state index >= 15 is 0 Å². The van der Waals surface area contributed by atoms with Crippen LogP contribution in [-0.4, -0.2) is 37.4 Å². The molecule has 1 aromatic carbocycles. The highest BCUT2D eigenvalue weighted by atomic mass is 32.1. The fourth-order valence-corrected chi connectivity index (χ4v) is 1.56. The molecule has 0 aromatic heterocycles. The van der Waals surface area contributed by atoms with Gasteiger partial charge in [0.05, 0.1) is 19.8 Å². The van der Waals surface area contributed by atoms with Crippen LogP contribution in [0.5, 0.6) is 0 Å². The van der Waals surface area contributed by atoms with Gasteiger partial charge in [0.15, 0.2) is 0 Å². The number of rotatable bonds is 6. The van der Waals surface area contributed by atoms with Gasteiger partial charge in [-0.05, 0) is 24.6 Å². The molecular weight excluding hydrogens is 238 g/mol. The molecule has 0 bridgehead atoms. The van der Waals surface area contributed by atoms with E-state index in [9.17, 15) is 4.79 Å². The molecule has 0 aliphatic heterocycles. The van der Waals surface area contributed by atoms with E-state index < -0.39 is 0 Å². The van der Waals surface area contributed by atoms with Crippen LogP contribution in [0.25, 0.3) is 0 Å². The smallest absolute Gasteiger partial charge is 0.251 e. The van der Waals surface area contributed by atoms with Crippen molar-refractivity contribution in [3.8, 4) is 0 Å². The van der Waals surface area contributed by atoms with Crippen molar-refractivity contribution >= 4 is 18.5 Å². The zero-order valence-corrected chi connectivity index (χ0v) is 10.7. The van der Waals surface area contributed by atoms with Crippen molar-refractivity contribution in [1.29, 1.82) is 0 Å². The van der Waals surface area contributed by atoms with Gasteiger partial charge < -0.3 is 15.2 Å². The number of hydrogen-bond donors (Lipinski definition) is 3. The number of nitrogens with one attached hydrogen (secondary N) is 1. The Labute approximate surface area is 106 Å². The summed E-state index contributed by atoms with van der Waals surface area (Å²) in [5.74, 6) is -0.133. The molecule has 5 heteroatoms. The number of thiol groups is 1. The van der Waals surface area contributed by atoms with E-state index in [4.69, 9.17) is 9.84 Å². The van der Waals surface area contributed by atoms with Crippen LogP contribution in [0.3, 0.4) is 0 Å². The van der Waals surface area contributed by atoms with Gasteiger partial charge in [-0.25, -0.2) is 0 Å². The third kappa shape index (κ3) is 4.77. The van der Waals surface area contributed by atoms with Gasteiger partial charge in [0.25, 0.3) is 5.91 Å². The summed E-state index contributed by atoms with van der Waals surface area (Å²) in [6, 6.07) is 5.45. The van der Waals surface area contributed by atoms with Crippen LogP contribution >= 0.6 is 12.6 Å². The maximum Gasteiger partial charge on any atom is 0.251 e. The van der Waals surface area contributed by atoms with Gasteiger partial charge in [-0.2, -0.15) is 0 Å². The summed E-state index contributed by atoms with van der Waals surface area (Å²) in [5, 5.41) is 11.2. The van der Waals surface area contributed by atoms with E-state index in [1.807, 2.05) is 19.1 Å². The average Bonchev–Trinajstić information content (AvgIpc) is 2.32. The topological polar surface area (TPSA) is 58.6 Å². The van der Waals surface area contributed by atoms with Gasteiger partial charge in [-0.1, -0.05) is 6.07 Å². The fourth-order valence-electron chi connectivity index (χ4n) is 1.35. The predicted molar refractivity (Wildman–Crippen MR) is 68.7 cm³/mol. The molecule has 0 heterocycles. The van der Waals surface area contributed by atoms with Crippen LogP contribution in [0, 0.1) is 6.92 Å². The van der Waals surface area contributed by atoms with Crippen LogP contribution < -0.4 is 5.32 Å². The standard InChI is InChI=1S/C12H17NO3S/c1-9-2-3-10(17)8-11(9)12(15)13-4-6-16-7-5-14/h2-3,8,14,17H,4-7H2,1H3,(H,13,15). The molecule has 94 valence electrons. The van der Waals surface area contributed by atoms with E-state index in [0.717, 1.165) is 10.5 Å². The first kappa shape index (κ1) is 14.0. The highest BCUT2D eigenvalue weighted by Crippen LogP contribution is 2.13. The molecule has 2 N–H and O–H groups in total. The van der Waals surface area contributed by atoms with Crippen LogP contribution in [0.4, 0.5) is 0 Å². The summed E-state index contributed by atoms with van der Waals surface area (Å²) in [4.78, 5) is 12.6. The van der Waals surface area contributed by atoms with E-state index in [1.165, 1.54) is 0 Å².